The molecule has 0 bridgehead atoms. The van der Waals surface area contributed by atoms with Gasteiger partial charge in [-0.1, -0.05) is 44.5 Å². The molecular formula is C20H27N3O3. The first kappa shape index (κ1) is 19.7. The van der Waals surface area contributed by atoms with Crippen molar-refractivity contribution in [2.75, 3.05) is 18.4 Å². The van der Waals surface area contributed by atoms with Crippen LogP contribution in [0, 0.1) is 5.92 Å². The zero-order valence-corrected chi connectivity index (χ0v) is 15.7. The van der Waals surface area contributed by atoms with E-state index in [9.17, 15) is 9.59 Å². The molecule has 0 fully saturated rings. The highest BCUT2D eigenvalue weighted by Crippen LogP contribution is 2.12. The Hall–Kier alpha value is -2.63. The molecule has 2 rings (SSSR count). The van der Waals surface area contributed by atoms with Crippen LogP contribution in [0.1, 0.15) is 49.5 Å². The molecule has 6 nitrogen and oxygen atoms in total. The number of carbonyl (C=O) groups excluding carboxylic acids is 2. The van der Waals surface area contributed by atoms with Gasteiger partial charge in [-0.05, 0) is 36.5 Å². The number of carbonyl (C=O) groups is 2. The fourth-order valence-electron chi connectivity index (χ4n) is 2.67. The summed E-state index contributed by atoms with van der Waals surface area (Å²) in [5.41, 5.74) is 1.82. The molecule has 0 spiro atoms. The molecule has 0 aliphatic carbocycles. The van der Waals surface area contributed by atoms with Crippen LogP contribution < -0.4 is 5.32 Å². The van der Waals surface area contributed by atoms with Crippen molar-refractivity contribution in [1.82, 2.24) is 10.1 Å². The number of anilines is 1. The number of amides is 2. The standard InChI is InChI=1S/C20H27N3O3/c1-4-5-6-16-7-9-17(10-8-16)20(25)23(13-15(2)3)14-19(24)21-18-11-12-26-22-18/h7-12,15H,4-6,13-14H2,1-3H3,(H,21,22,24). The number of hydrogen-bond acceptors (Lipinski definition) is 4. The summed E-state index contributed by atoms with van der Waals surface area (Å²) < 4.78 is 4.70. The zero-order valence-electron chi connectivity index (χ0n) is 15.7. The van der Waals surface area contributed by atoms with E-state index in [1.807, 2.05) is 38.1 Å². The SMILES string of the molecule is CCCCc1ccc(C(=O)N(CC(=O)Nc2ccon2)CC(C)C)cc1. The lowest BCUT2D eigenvalue weighted by Crippen LogP contribution is -2.40. The minimum Gasteiger partial charge on any atom is -0.363 e. The van der Waals surface area contributed by atoms with E-state index >= 15 is 0 Å². The van der Waals surface area contributed by atoms with Crippen LogP contribution in [0.15, 0.2) is 41.1 Å². The highest BCUT2D eigenvalue weighted by Gasteiger charge is 2.20. The Kier molecular flexibility index (Phi) is 7.38. The maximum absolute atomic E-state index is 12.9. The summed E-state index contributed by atoms with van der Waals surface area (Å²) >= 11 is 0. The Morgan fingerprint density at radius 3 is 2.50 bits per heavy atom. The van der Waals surface area contributed by atoms with Gasteiger partial charge in [-0.25, -0.2) is 0 Å². The van der Waals surface area contributed by atoms with E-state index in [1.54, 1.807) is 11.0 Å². The summed E-state index contributed by atoms with van der Waals surface area (Å²) in [5.74, 6) is 0.151. The van der Waals surface area contributed by atoms with Gasteiger partial charge in [-0.3, -0.25) is 9.59 Å². The fraction of sp³-hybridized carbons (Fsp3) is 0.450. The molecule has 0 atom stereocenters. The highest BCUT2D eigenvalue weighted by molar-refractivity contribution is 5.99. The van der Waals surface area contributed by atoms with Crippen LogP contribution in [-0.2, 0) is 11.2 Å². The lowest BCUT2D eigenvalue weighted by molar-refractivity contribution is -0.117. The second-order valence-corrected chi connectivity index (χ2v) is 6.81. The first-order valence-corrected chi connectivity index (χ1v) is 9.08. The topological polar surface area (TPSA) is 75.4 Å². The number of nitrogens with zero attached hydrogens (tertiary/aromatic N) is 2. The lowest BCUT2D eigenvalue weighted by Gasteiger charge is -2.24. The van der Waals surface area contributed by atoms with Gasteiger partial charge in [0.25, 0.3) is 5.91 Å². The molecule has 0 radical (unpaired) electrons. The van der Waals surface area contributed by atoms with Crippen LogP contribution in [0.5, 0.6) is 0 Å². The van der Waals surface area contributed by atoms with Crippen LogP contribution in [-0.4, -0.2) is 35.0 Å². The van der Waals surface area contributed by atoms with Crippen LogP contribution in [0.4, 0.5) is 5.82 Å². The molecule has 2 amide bonds. The van der Waals surface area contributed by atoms with E-state index in [0.717, 1.165) is 19.3 Å². The third-order valence-corrected chi connectivity index (χ3v) is 3.93. The van der Waals surface area contributed by atoms with Crippen molar-refractivity contribution in [2.24, 2.45) is 5.92 Å². The molecule has 6 heteroatoms. The van der Waals surface area contributed by atoms with Gasteiger partial charge in [0.1, 0.15) is 12.8 Å². The predicted octanol–water partition coefficient (Wildman–Crippen LogP) is 3.75. The second-order valence-electron chi connectivity index (χ2n) is 6.81. The largest absolute Gasteiger partial charge is 0.363 e. The molecule has 0 saturated heterocycles. The summed E-state index contributed by atoms with van der Waals surface area (Å²) in [6, 6.07) is 9.23. The van der Waals surface area contributed by atoms with Gasteiger partial charge >= 0.3 is 0 Å². The van der Waals surface area contributed by atoms with Crippen LogP contribution >= 0.6 is 0 Å². The Bertz CT molecular complexity index is 694. The molecular weight excluding hydrogens is 330 g/mol. The number of aryl methyl sites for hydroxylation is 1. The average Bonchev–Trinajstić information content (AvgIpc) is 3.11. The predicted molar refractivity (Wildman–Crippen MR) is 101 cm³/mol. The molecule has 140 valence electrons. The Balaban J connectivity index is 2.04. The maximum Gasteiger partial charge on any atom is 0.254 e. The third kappa shape index (κ3) is 6.02. The first-order chi connectivity index (χ1) is 12.5. The van der Waals surface area contributed by atoms with Crippen molar-refractivity contribution in [3.63, 3.8) is 0 Å². The third-order valence-electron chi connectivity index (χ3n) is 3.93. The highest BCUT2D eigenvalue weighted by atomic mass is 16.5. The van der Waals surface area contributed by atoms with E-state index in [4.69, 9.17) is 4.52 Å². The summed E-state index contributed by atoms with van der Waals surface area (Å²) in [5, 5.41) is 6.28. The molecule has 0 aliphatic heterocycles. The number of rotatable bonds is 9. The number of benzene rings is 1. The summed E-state index contributed by atoms with van der Waals surface area (Å²) in [4.78, 5) is 26.6. The fourth-order valence-corrected chi connectivity index (χ4v) is 2.67. The Labute approximate surface area is 154 Å². The first-order valence-electron chi connectivity index (χ1n) is 9.08. The second kappa shape index (κ2) is 9.75. The summed E-state index contributed by atoms with van der Waals surface area (Å²) in [6.07, 6.45) is 4.67. The number of nitrogens with one attached hydrogen (secondary N) is 1. The molecule has 0 aliphatic rings. The Morgan fingerprint density at radius 1 is 1.19 bits per heavy atom. The van der Waals surface area contributed by atoms with Crippen molar-refractivity contribution in [1.29, 1.82) is 0 Å². The maximum atomic E-state index is 12.9. The lowest BCUT2D eigenvalue weighted by atomic mass is 10.1. The van der Waals surface area contributed by atoms with Crippen molar-refractivity contribution >= 4 is 17.6 Å². The summed E-state index contributed by atoms with van der Waals surface area (Å²) in [7, 11) is 0. The van der Waals surface area contributed by atoms with E-state index in [1.165, 1.54) is 11.8 Å². The summed E-state index contributed by atoms with van der Waals surface area (Å²) in [6.45, 7) is 6.67. The molecule has 1 aromatic heterocycles. The zero-order chi connectivity index (χ0) is 18.9. The number of aromatic nitrogens is 1. The average molecular weight is 357 g/mol. The number of unbranched alkanes of at least 4 members (excludes halogenated alkanes) is 1. The van der Waals surface area contributed by atoms with Gasteiger partial charge in [0.05, 0.1) is 0 Å². The van der Waals surface area contributed by atoms with Gasteiger partial charge in [0.2, 0.25) is 5.91 Å². The monoisotopic (exact) mass is 357 g/mol. The van der Waals surface area contributed by atoms with Crippen LogP contribution in [0.2, 0.25) is 0 Å². The van der Waals surface area contributed by atoms with Crippen molar-refractivity contribution in [3.8, 4) is 0 Å². The van der Waals surface area contributed by atoms with Gasteiger partial charge in [0.15, 0.2) is 5.82 Å². The van der Waals surface area contributed by atoms with E-state index in [0.29, 0.717) is 17.9 Å². The van der Waals surface area contributed by atoms with E-state index < -0.39 is 0 Å². The molecule has 1 N–H and O–H groups in total. The Morgan fingerprint density at radius 2 is 1.92 bits per heavy atom. The molecule has 0 unspecified atom stereocenters. The molecule has 1 heterocycles. The van der Waals surface area contributed by atoms with Crippen molar-refractivity contribution in [2.45, 2.75) is 40.0 Å². The van der Waals surface area contributed by atoms with Gasteiger partial charge in [-0.2, -0.15) is 0 Å². The van der Waals surface area contributed by atoms with Gasteiger partial charge in [-0.15, -0.1) is 0 Å². The van der Waals surface area contributed by atoms with Crippen molar-refractivity contribution in [3.05, 3.63) is 47.7 Å². The smallest absolute Gasteiger partial charge is 0.254 e. The van der Waals surface area contributed by atoms with E-state index in [2.05, 4.69) is 17.4 Å². The molecule has 26 heavy (non-hydrogen) atoms. The van der Waals surface area contributed by atoms with Gasteiger partial charge in [0, 0.05) is 18.2 Å². The quantitative estimate of drug-likeness (QED) is 0.741. The molecule has 0 saturated carbocycles. The minimum absolute atomic E-state index is 0.0263. The van der Waals surface area contributed by atoms with E-state index in [-0.39, 0.29) is 24.3 Å². The van der Waals surface area contributed by atoms with Crippen molar-refractivity contribution < 1.29 is 14.1 Å². The normalized spacial score (nSPS) is 10.8. The van der Waals surface area contributed by atoms with Crippen LogP contribution in [0.25, 0.3) is 0 Å². The minimum atomic E-state index is -0.299. The molecule has 2 aromatic rings. The number of hydrogen-bond donors (Lipinski definition) is 1. The molecule has 1 aromatic carbocycles. The van der Waals surface area contributed by atoms with Crippen LogP contribution in [0.3, 0.4) is 0 Å². The van der Waals surface area contributed by atoms with Gasteiger partial charge < -0.3 is 14.7 Å².